The first-order valence-corrected chi connectivity index (χ1v) is 12.9. The molecule has 1 unspecified atom stereocenters. The number of rotatable bonds is 6. The number of carbonyl (C=O) groups is 1. The average Bonchev–Trinajstić information content (AvgIpc) is 3.51. The number of nitrogens with zero attached hydrogens (tertiary/aromatic N) is 1. The molecule has 1 amide bonds. The lowest BCUT2D eigenvalue weighted by Gasteiger charge is -2.21. The Labute approximate surface area is 193 Å². The maximum absolute atomic E-state index is 13.5. The lowest BCUT2D eigenvalue weighted by atomic mass is 9.91. The summed E-state index contributed by atoms with van der Waals surface area (Å²) in [5.41, 5.74) is 2.13. The summed E-state index contributed by atoms with van der Waals surface area (Å²) < 4.78 is 39.5. The Bertz CT molecular complexity index is 1240. The van der Waals surface area contributed by atoms with Gasteiger partial charge in [0, 0.05) is 43.5 Å². The van der Waals surface area contributed by atoms with Gasteiger partial charge in [-0.3, -0.25) is 4.79 Å². The molecule has 3 aromatic rings. The smallest absolute Gasteiger partial charge is 0.268 e. The molecule has 1 N–H and O–H groups in total. The van der Waals surface area contributed by atoms with Crippen LogP contribution in [0.1, 0.15) is 47.5 Å². The third-order valence-corrected chi connectivity index (χ3v) is 8.25. The fourth-order valence-corrected chi connectivity index (χ4v) is 6.09. The Balaban J connectivity index is 1.41. The van der Waals surface area contributed by atoms with Crippen LogP contribution < -0.4 is 5.32 Å². The van der Waals surface area contributed by atoms with Gasteiger partial charge < -0.3 is 14.8 Å². The third-order valence-electron chi connectivity index (χ3n) is 6.56. The quantitative estimate of drug-likeness (QED) is 0.596. The Morgan fingerprint density at radius 2 is 1.76 bits per heavy atom. The highest BCUT2D eigenvalue weighted by Gasteiger charge is 2.26. The van der Waals surface area contributed by atoms with Crippen molar-refractivity contribution in [2.45, 2.75) is 42.6 Å². The first-order valence-electron chi connectivity index (χ1n) is 11.5. The average molecular weight is 469 g/mol. The van der Waals surface area contributed by atoms with Crippen LogP contribution in [0.15, 0.2) is 59.6 Å². The molecule has 0 bridgehead atoms. The highest BCUT2D eigenvalue weighted by Crippen LogP contribution is 2.35. The van der Waals surface area contributed by atoms with Gasteiger partial charge in [0.15, 0.2) is 0 Å². The predicted octanol–water partition coefficient (Wildman–Crippen LogP) is 3.68. The van der Waals surface area contributed by atoms with Crippen LogP contribution in [0.5, 0.6) is 0 Å². The molecule has 0 radical (unpaired) electrons. The molecule has 2 aromatic carbocycles. The van der Waals surface area contributed by atoms with Crippen molar-refractivity contribution in [3.8, 4) is 0 Å². The second-order valence-electron chi connectivity index (χ2n) is 8.66. The number of ether oxygens (including phenoxy) is 2. The number of fused-ring (bicyclic) bond motifs is 1. The number of hydrogen-bond donors (Lipinski definition) is 1. The summed E-state index contributed by atoms with van der Waals surface area (Å²) in [4.78, 5) is 12.6. The minimum Gasteiger partial charge on any atom is -0.381 e. The highest BCUT2D eigenvalue weighted by molar-refractivity contribution is 7.90. The van der Waals surface area contributed by atoms with Gasteiger partial charge in [-0.15, -0.1) is 0 Å². The molecular formula is C25H28N2O5S. The van der Waals surface area contributed by atoms with E-state index in [0.717, 1.165) is 43.2 Å². The summed E-state index contributed by atoms with van der Waals surface area (Å²) in [5.74, 6) is 0.0395. The zero-order chi connectivity index (χ0) is 22.8. The summed E-state index contributed by atoms with van der Waals surface area (Å²) in [6.45, 7) is 2.57. The molecule has 3 heterocycles. The lowest BCUT2D eigenvalue weighted by molar-refractivity contribution is 0.0855. The molecule has 0 saturated carbocycles. The monoisotopic (exact) mass is 468 g/mol. The minimum absolute atomic E-state index is 0.0561. The molecule has 2 aliphatic heterocycles. The molecule has 8 heteroatoms. The molecule has 174 valence electrons. The van der Waals surface area contributed by atoms with Gasteiger partial charge in [0.1, 0.15) is 0 Å². The van der Waals surface area contributed by atoms with Crippen molar-refractivity contribution in [3.05, 3.63) is 65.9 Å². The zero-order valence-corrected chi connectivity index (χ0v) is 19.2. The number of carbonyl (C=O) groups excluding carboxylic acids is 1. The highest BCUT2D eigenvalue weighted by atomic mass is 32.2. The Morgan fingerprint density at radius 1 is 1.00 bits per heavy atom. The molecule has 2 fully saturated rings. The minimum atomic E-state index is -3.82. The second kappa shape index (κ2) is 9.29. The van der Waals surface area contributed by atoms with Crippen LogP contribution in [0.3, 0.4) is 0 Å². The molecule has 2 saturated heterocycles. The maximum Gasteiger partial charge on any atom is 0.268 e. The van der Waals surface area contributed by atoms with Crippen molar-refractivity contribution in [1.29, 1.82) is 0 Å². The van der Waals surface area contributed by atoms with Crippen molar-refractivity contribution in [1.82, 2.24) is 9.29 Å². The van der Waals surface area contributed by atoms with E-state index in [0.29, 0.717) is 30.8 Å². The summed E-state index contributed by atoms with van der Waals surface area (Å²) in [6.07, 6.45) is 5.53. The van der Waals surface area contributed by atoms with E-state index in [9.17, 15) is 13.2 Å². The summed E-state index contributed by atoms with van der Waals surface area (Å²) in [5, 5.41) is 3.82. The molecule has 1 atom stereocenters. The van der Waals surface area contributed by atoms with Crippen molar-refractivity contribution in [2.24, 2.45) is 0 Å². The largest absolute Gasteiger partial charge is 0.381 e. The molecule has 2 aliphatic rings. The van der Waals surface area contributed by atoms with E-state index in [4.69, 9.17) is 9.47 Å². The number of hydrogen-bond acceptors (Lipinski definition) is 5. The van der Waals surface area contributed by atoms with Gasteiger partial charge in [-0.05, 0) is 67.5 Å². The van der Waals surface area contributed by atoms with Crippen LogP contribution in [-0.2, 0) is 19.5 Å². The van der Waals surface area contributed by atoms with Gasteiger partial charge in [0.25, 0.3) is 15.9 Å². The lowest BCUT2D eigenvalue weighted by Crippen LogP contribution is -2.31. The predicted molar refractivity (Wildman–Crippen MR) is 125 cm³/mol. The van der Waals surface area contributed by atoms with Gasteiger partial charge >= 0.3 is 0 Å². The van der Waals surface area contributed by atoms with Gasteiger partial charge in [0.05, 0.1) is 16.5 Å². The molecule has 0 aliphatic carbocycles. The van der Waals surface area contributed by atoms with Crippen LogP contribution in [0.4, 0.5) is 0 Å². The van der Waals surface area contributed by atoms with E-state index in [2.05, 4.69) is 5.32 Å². The third kappa shape index (κ3) is 4.43. The van der Waals surface area contributed by atoms with Crippen LogP contribution >= 0.6 is 0 Å². The van der Waals surface area contributed by atoms with Gasteiger partial charge in [0.2, 0.25) is 0 Å². The van der Waals surface area contributed by atoms with Crippen molar-refractivity contribution in [2.75, 3.05) is 26.4 Å². The molecule has 5 rings (SSSR count). The Morgan fingerprint density at radius 3 is 2.48 bits per heavy atom. The van der Waals surface area contributed by atoms with E-state index in [1.807, 2.05) is 24.3 Å². The van der Waals surface area contributed by atoms with Gasteiger partial charge in [-0.25, -0.2) is 12.4 Å². The van der Waals surface area contributed by atoms with E-state index in [1.165, 1.54) is 16.1 Å². The van der Waals surface area contributed by atoms with Crippen molar-refractivity contribution < 1.29 is 22.7 Å². The van der Waals surface area contributed by atoms with Crippen LogP contribution in [0, 0.1) is 0 Å². The van der Waals surface area contributed by atoms with Crippen molar-refractivity contribution in [3.63, 3.8) is 0 Å². The SMILES string of the molecule is O=C(NCC1CCCO1)c1ccc(S(=O)(=O)n2cc(C3CCOCC3)c3ccccc32)cc1. The number of benzene rings is 2. The Hall–Kier alpha value is -2.68. The number of nitrogens with one attached hydrogen (secondary N) is 1. The fraction of sp³-hybridized carbons (Fsp3) is 0.400. The van der Waals surface area contributed by atoms with Crippen LogP contribution in [0.2, 0.25) is 0 Å². The first kappa shape index (κ1) is 22.1. The molecule has 33 heavy (non-hydrogen) atoms. The van der Waals surface area contributed by atoms with Crippen LogP contribution in [0.25, 0.3) is 10.9 Å². The first-order chi connectivity index (χ1) is 16.0. The normalized spacial score (nSPS) is 19.7. The van der Waals surface area contributed by atoms with Crippen molar-refractivity contribution >= 4 is 26.8 Å². The molecule has 0 spiro atoms. The van der Waals surface area contributed by atoms with Gasteiger partial charge in [-0.2, -0.15) is 0 Å². The maximum atomic E-state index is 13.5. The van der Waals surface area contributed by atoms with E-state index in [1.54, 1.807) is 18.3 Å². The standard InChI is InChI=1S/C25H28N2O5S/c28-25(26-16-20-4-3-13-32-20)19-7-9-21(10-8-19)33(29,30)27-17-23(18-11-14-31-15-12-18)22-5-1-2-6-24(22)27/h1-2,5-10,17-18,20H,3-4,11-16H2,(H,26,28). The zero-order valence-electron chi connectivity index (χ0n) is 18.4. The molecule has 7 nitrogen and oxygen atoms in total. The number of para-hydroxylation sites is 1. The number of amides is 1. The van der Waals surface area contributed by atoms with Gasteiger partial charge in [-0.1, -0.05) is 18.2 Å². The summed E-state index contributed by atoms with van der Waals surface area (Å²) >= 11 is 0. The van der Waals surface area contributed by atoms with E-state index in [-0.39, 0.29) is 22.8 Å². The summed E-state index contributed by atoms with van der Waals surface area (Å²) in [6, 6.07) is 13.7. The molecule has 1 aromatic heterocycles. The summed E-state index contributed by atoms with van der Waals surface area (Å²) in [7, 11) is -3.82. The number of aromatic nitrogens is 1. The topological polar surface area (TPSA) is 86.6 Å². The molecular weight excluding hydrogens is 440 g/mol. The van der Waals surface area contributed by atoms with E-state index >= 15 is 0 Å². The van der Waals surface area contributed by atoms with Crippen LogP contribution in [-0.4, -0.2) is 50.8 Å². The van der Waals surface area contributed by atoms with E-state index < -0.39 is 10.0 Å². The fourth-order valence-electron chi connectivity index (χ4n) is 4.71. The second-order valence-corrected chi connectivity index (χ2v) is 10.5. The Kier molecular flexibility index (Phi) is 6.23.